The summed E-state index contributed by atoms with van der Waals surface area (Å²) < 4.78 is 5.25. The summed E-state index contributed by atoms with van der Waals surface area (Å²) in [6, 6.07) is 1.82. The van der Waals surface area contributed by atoms with Gasteiger partial charge in [0.2, 0.25) is 0 Å². The lowest BCUT2D eigenvalue weighted by molar-refractivity contribution is 0.0978. The smallest absolute Gasteiger partial charge is 0.166 e. The van der Waals surface area contributed by atoms with Gasteiger partial charge < -0.3 is 4.74 Å². The molecule has 3 heteroatoms. The van der Waals surface area contributed by atoms with Crippen molar-refractivity contribution in [3.63, 3.8) is 0 Å². The number of aryl methyl sites for hydroxylation is 1. The van der Waals surface area contributed by atoms with Crippen LogP contribution in [0.5, 0.6) is 5.75 Å². The zero-order valence-electron chi connectivity index (χ0n) is 10.2. The fraction of sp³-hybridized carbons (Fsp3) is 0.462. The van der Waals surface area contributed by atoms with Crippen LogP contribution in [0, 0.1) is 13.8 Å². The number of ether oxygens (including phenoxy) is 1. The van der Waals surface area contributed by atoms with Gasteiger partial charge in [-0.2, -0.15) is 0 Å². The largest absolute Gasteiger partial charge is 0.496 e. The van der Waals surface area contributed by atoms with E-state index in [0.717, 1.165) is 17.5 Å². The van der Waals surface area contributed by atoms with Crippen molar-refractivity contribution in [3.05, 3.63) is 27.8 Å². The van der Waals surface area contributed by atoms with Gasteiger partial charge in [-0.15, -0.1) is 0 Å². The van der Waals surface area contributed by atoms with E-state index >= 15 is 0 Å². The molecule has 0 aromatic heterocycles. The lowest BCUT2D eigenvalue weighted by atomic mass is 9.98. The number of hydrogen-bond acceptors (Lipinski definition) is 2. The van der Waals surface area contributed by atoms with E-state index in [1.54, 1.807) is 7.11 Å². The second-order valence-corrected chi connectivity index (χ2v) is 4.26. The van der Waals surface area contributed by atoms with Crippen LogP contribution in [0.25, 0.3) is 0 Å². The number of carbonyl (C=O) groups is 1. The topological polar surface area (TPSA) is 26.3 Å². The number of rotatable bonds is 4. The first-order chi connectivity index (χ1) is 7.52. The van der Waals surface area contributed by atoms with Crippen molar-refractivity contribution in [2.75, 3.05) is 7.11 Å². The second kappa shape index (κ2) is 5.35. The van der Waals surface area contributed by atoms with Crippen LogP contribution >= 0.6 is 11.6 Å². The molecule has 2 nitrogen and oxygen atoms in total. The first-order valence-corrected chi connectivity index (χ1v) is 5.77. The Morgan fingerprint density at radius 2 is 2.06 bits per heavy atom. The molecule has 0 heterocycles. The summed E-state index contributed by atoms with van der Waals surface area (Å²) in [5, 5.41) is 0.653. The molecule has 0 amide bonds. The molecule has 0 aliphatic rings. The van der Waals surface area contributed by atoms with Gasteiger partial charge in [-0.3, -0.25) is 4.79 Å². The number of halogens is 1. The maximum Gasteiger partial charge on any atom is 0.166 e. The molecular formula is C13H17ClO2. The first-order valence-electron chi connectivity index (χ1n) is 5.39. The van der Waals surface area contributed by atoms with E-state index in [-0.39, 0.29) is 5.78 Å². The van der Waals surface area contributed by atoms with Crippen molar-refractivity contribution < 1.29 is 9.53 Å². The predicted molar refractivity (Wildman–Crippen MR) is 66.7 cm³/mol. The van der Waals surface area contributed by atoms with Crippen molar-refractivity contribution in [1.29, 1.82) is 0 Å². The number of Topliss-reactive ketones (excluding diaryl/α,β-unsaturated/α-hetero) is 1. The van der Waals surface area contributed by atoms with E-state index in [0.29, 0.717) is 22.8 Å². The number of methoxy groups -OCH3 is 1. The van der Waals surface area contributed by atoms with Crippen LogP contribution in [0.2, 0.25) is 5.02 Å². The molecule has 0 bridgehead atoms. The molecule has 0 saturated heterocycles. The Labute approximate surface area is 102 Å². The van der Waals surface area contributed by atoms with Crippen molar-refractivity contribution >= 4 is 17.4 Å². The summed E-state index contributed by atoms with van der Waals surface area (Å²) in [6.07, 6.45) is 1.35. The first kappa shape index (κ1) is 13.0. The molecular weight excluding hydrogens is 224 g/mol. The molecule has 0 radical (unpaired) electrons. The van der Waals surface area contributed by atoms with Crippen LogP contribution in [0.3, 0.4) is 0 Å². The van der Waals surface area contributed by atoms with Crippen LogP contribution in [0.15, 0.2) is 6.07 Å². The van der Waals surface area contributed by atoms with Gasteiger partial charge in [0.25, 0.3) is 0 Å². The molecule has 0 unspecified atom stereocenters. The molecule has 0 fully saturated rings. The van der Waals surface area contributed by atoms with Gasteiger partial charge in [0.05, 0.1) is 12.7 Å². The van der Waals surface area contributed by atoms with E-state index in [1.807, 2.05) is 26.8 Å². The lowest BCUT2D eigenvalue weighted by Gasteiger charge is -2.13. The molecule has 1 aromatic rings. The lowest BCUT2D eigenvalue weighted by Crippen LogP contribution is -2.05. The number of ketones is 1. The number of hydrogen-bond donors (Lipinski definition) is 0. The molecule has 88 valence electrons. The predicted octanol–water partition coefficient (Wildman–Crippen LogP) is 3.95. The summed E-state index contributed by atoms with van der Waals surface area (Å²) in [5.74, 6) is 0.719. The average Bonchev–Trinajstić information content (AvgIpc) is 2.25. The number of benzene rings is 1. The standard InChI is InChI=1S/C13H17ClO2/c1-5-6-10(15)12-9(3)13(14)8(2)7-11(12)16-4/h7H,5-6H2,1-4H3. The van der Waals surface area contributed by atoms with Gasteiger partial charge in [0.1, 0.15) is 5.75 Å². The van der Waals surface area contributed by atoms with Crippen LogP contribution < -0.4 is 4.74 Å². The third kappa shape index (κ3) is 2.38. The number of carbonyl (C=O) groups excluding carboxylic acids is 1. The highest BCUT2D eigenvalue weighted by atomic mass is 35.5. The third-order valence-corrected chi connectivity index (χ3v) is 3.20. The normalized spacial score (nSPS) is 10.3. The van der Waals surface area contributed by atoms with Crippen LogP contribution in [0.4, 0.5) is 0 Å². The van der Waals surface area contributed by atoms with E-state index in [4.69, 9.17) is 16.3 Å². The van der Waals surface area contributed by atoms with Crippen LogP contribution in [-0.2, 0) is 0 Å². The highest BCUT2D eigenvalue weighted by molar-refractivity contribution is 6.32. The second-order valence-electron chi connectivity index (χ2n) is 3.88. The molecule has 0 spiro atoms. The Morgan fingerprint density at radius 3 is 2.56 bits per heavy atom. The fourth-order valence-corrected chi connectivity index (χ4v) is 1.93. The Morgan fingerprint density at radius 1 is 1.44 bits per heavy atom. The maximum atomic E-state index is 12.0. The molecule has 0 aliphatic carbocycles. The molecule has 16 heavy (non-hydrogen) atoms. The highest BCUT2D eigenvalue weighted by Gasteiger charge is 2.18. The third-order valence-electron chi connectivity index (χ3n) is 2.62. The zero-order valence-corrected chi connectivity index (χ0v) is 10.9. The average molecular weight is 241 g/mol. The highest BCUT2D eigenvalue weighted by Crippen LogP contribution is 2.32. The summed E-state index contributed by atoms with van der Waals surface area (Å²) in [7, 11) is 1.57. The van der Waals surface area contributed by atoms with Gasteiger partial charge in [-0.25, -0.2) is 0 Å². The quantitative estimate of drug-likeness (QED) is 0.745. The van der Waals surface area contributed by atoms with Crippen molar-refractivity contribution in [1.82, 2.24) is 0 Å². The summed E-state index contributed by atoms with van der Waals surface area (Å²) in [5.41, 5.74) is 2.38. The van der Waals surface area contributed by atoms with Gasteiger partial charge in [0, 0.05) is 11.4 Å². The minimum absolute atomic E-state index is 0.0961. The van der Waals surface area contributed by atoms with Crippen molar-refractivity contribution in [3.8, 4) is 5.75 Å². The maximum absolute atomic E-state index is 12.0. The Kier molecular flexibility index (Phi) is 4.36. The van der Waals surface area contributed by atoms with Crippen molar-refractivity contribution in [2.24, 2.45) is 0 Å². The van der Waals surface area contributed by atoms with E-state index in [1.165, 1.54) is 0 Å². The summed E-state index contributed by atoms with van der Waals surface area (Å²) in [4.78, 5) is 12.0. The Hall–Kier alpha value is -1.02. The molecule has 1 aromatic carbocycles. The fourth-order valence-electron chi connectivity index (χ4n) is 1.78. The monoisotopic (exact) mass is 240 g/mol. The van der Waals surface area contributed by atoms with Gasteiger partial charge in [-0.05, 0) is 37.5 Å². The summed E-state index contributed by atoms with van der Waals surface area (Å²) >= 11 is 6.15. The molecule has 0 saturated carbocycles. The van der Waals surface area contributed by atoms with Crippen molar-refractivity contribution in [2.45, 2.75) is 33.6 Å². The molecule has 1 rings (SSSR count). The Bertz CT molecular complexity index is 411. The SMILES string of the molecule is CCCC(=O)c1c(OC)cc(C)c(Cl)c1C. The minimum atomic E-state index is 0.0961. The summed E-state index contributed by atoms with van der Waals surface area (Å²) in [6.45, 7) is 5.75. The zero-order chi connectivity index (χ0) is 12.3. The molecule has 0 atom stereocenters. The molecule has 0 aliphatic heterocycles. The van der Waals surface area contributed by atoms with Gasteiger partial charge >= 0.3 is 0 Å². The van der Waals surface area contributed by atoms with E-state index in [9.17, 15) is 4.79 Å². The van der Waals surface area contributed by atoms with Gasteiger partial charge in [-0.1, -0.05) is 18.5 Å². The van der Waals surface area contributed by atoms with Crippen LogP contribution in [0.1, 0.15) is 41.3 Å². The Balaban J connectivity index is 3.35. The molecule has 0 N–H and O–H groups in total. The van der Waals surface area contributed by atoms with Gasteiger partial charge in [0.15, 0.2) is 5.78 Å². The van der Waals surface area contributed by atoms with Crippen LogP contribution in [-0.4, -0.2) is 12.9 Å². The van der Waals surface area contributed by atoms with E-state index in [2.05, 4.69) is 0 Å². The van der Waals surface area contributed by atoms with E-state index < -0.39 is 0 Å². The minimum Gasteiger partial charge on any atom is -0.496 e.